The molecule has 0 aromatic carbocycles. The van der Waals surface area contributed by atoms with Crippen LogP contribution in [0.4, 0.5) is 0 Å². The van der Waals surface area contributed by atoms with Gasteiger partial charge in [-0.2, -0.15) is 0 Å². The molecule has 4 aromatic heterocycles. The van der Waals surface area contributed by atoms with Crippen LogP contribution in [0.25, 0.3) is 16.3 Å². The smallest absolute Gasteiger partial charge is 0.258 e. The van der Waals surface area contributed by atoms with E-state index in [1.54, 1.807) is 28.0 Å². The summed E-state index contributed by atoms with van der Waals surface area (Å²) in [5.74, 6) is 1.40. The molecule has 0 radical (unpaired) electrons. The SMILES string of the molecule is C=CCn1c(SCc2cc(=O)n3ccsc3n2)nnc1-c1csc(C)c1C. The summed E-state index contributed by atoms with van der Waals surface area (Å²) in [4.78, 5) is 18.7. The van der Waals surface area contributed by atoms with E-state index in [1.165, 1.54) is 33.5 Å². The zero-order valence-electron chi connectivity index (χ0n) is 14.9. The molecule has 138 valence electrons. The number of allylic oxidation sites excluding steroid dienone is 1. The van der Waals surface area contributed by atoms with Crippen LogP contribution in [0.15, 0.2) is 45.6 Å². The Morgan fingerprint density at radius 1 is 1.30 bits per heavy atom. The van der Waals surface area contributed by atoms with Crippen LogP contribution in [0, 0.1) is 13.8 Å². The average Bonchev–Trinajstić information content (AvgIpc) is 3.35. The minimum absolute atomic E-state index is 0.0607. The number of hydrogen-bond donors (Lipinski definition) is 0. The minimum atomic E-state index is -0.0607. The van der Waals surface area contributed by atoms with Crippen LogP contribution < -0.4 is 5.56 Å². The lowest BCUT2D eigenvalue weighted by Crippen LogP contribution is -2.12. The predicted molar refractivity (Wildman–Crippen MR) is 112 cm³/mol. The topological polar surface area (TPSA) is 65.1 Å². The summed E-state index contributed by atoms with van der Waals surface area (Å²) in [6.07, 6.45) is 3.58. The van der Waals surface area contributed by atoms with Gasteiger partial charge in [0.15, 0.2) is 15.9 Å². The molecule has 0 atom stereocenters. The van der Waals surface area contributed by atoms with Crippen molar-refractivity contribution >= 4 is 39.4 Å². The first-order valence-electron chi connectivity index (χ1n) is 8.26. The van der Waals surface area contributed by atoms with E-state index in [-0.39, 0.29) is 5.56 Å². The first kappa shape index (κ1) is 18.1. The molecule has 4 heterocycles. The van der Waals surface area contributed by atoms with Crippen LogP contribution in [-0.2, 0) is 12.3 Å². The van der Waals surface area contributed by atoms with Crippen LogP contribution in [0.2, 0.25) is 0 Å². The van der Waals surface area contributed by atoms with Gasteiger partial charge in [0.05, 0.1) is 5.69 Å². The summed E-state index contributed by atoms with van der Waals surface area (Å²) in [7, 11) is 0. The van der Waals surface area contributed by atoms with E-state index in [4.69, 9.17) is 0 Å². The second-order valence-electron chi connectivity index (χ2n) is 5.97. The molecule has 0 saturated carbocycles. The normalized spacial score (nSPS) is 11.3. The number of aryl methyl sites for hydroxylation is 1. The third-order valence-electron chi connectivity index (χ3n) is 4.26. The van der Waals surface area contributed by atoms with Crippen molar-refractivity contribution in [2.75, 3.05) is 0 Å². The Bertz CT molecular complexity index is 1180. The summed E-state index contributed by atoms with van der Waals surface area (Å²) in [5, 5.41) is 13.6. The van der Waals surface area contributed by atoms with Crippen molar-refractivity contribution in [1.82, 2.24) is 24.1 Å². The number of thiazole rings is 1. The Labute approximate surface area is 168 Å². The maximum Gasteiger partial charge on any atom is 0.258 e. The van der Waals surface area contributed by atoms with E-state index in [2.05, 4.69) is 45.6 Å². The molecular formula is C18H17N5OS3. The standard InChI is InChI=1S/C18H17N5OS3/c1-4-5-23-16(14-10-26-12(3)11(14)2)20-21-18(23)27-9-13-8-15(24)22-6-7-25-17(22)19-13/h4,6-8,10H,1,5,9H2,2-3H3. The van der Waals surface area contributed by atoms with E-state index in [1.807, 2.05) is 11.5 Å². The van der Waals surface area contributed by atoms with Gasteiger partial charge in [-0.1, -0.05) is 17.8 Å². The monoisotopic (exact) mass is 415 g/mol. The Balaban J connectivity index is 1.64. The minimum Gasteiger partial charge on any atom is -0.298 e. The molecule has 0 aliphatic carbocycles. The van der Waals surface area contributed by atoms with E-state index >= 15 is 0 Å². The van der Waals surface area contributed by atoms with Crippen LogP contribution in [0.1, 0.15) is 16.1 Å². The van der Waals surface area contributed by atoms with E-state index < -0.39 is 0 Å². The van der Waals surface area contributed by atoms with Gasteiger partial charge in [-0.15, -0.1) is 39.4 Å². The number of thioether (sulfide) groups is 1. The molecule has 0 spiro atoms. The third-order valence-corrected chi connectivity index (χ3v) is 7.03. The van der Waals surface area contributed by atoms with Gasteiger partial charge in [-0.3, -0.25) is 13.8 Å². The van der Waals surface area contributed by atoms with Gasteiger partial charge in [0.2, 0.25) is 0 Å². The summed E-state index contributed by atoms with van der Waals surface area (Å²) in [6, 6.07) is 1.58. The second-order valence-corrected chi connectivity index (χ2v) is 8.87. The lowest BCUT2D eigenvalue weighted by molar-refractivity contribution is 0.730. The predicted octanol–water partition coefficient (Wildman–Crippen LogP) is 4.17. The molecule has 0 aliphatic rings. The molecule has 6 nitrogen and oxygen atoms in total. The van der Waals surface area contributed by atoms with Crippen molar-refractivity contribution in [3.05, 3.63) is 62.2 Å². The molecule has 0 N–H and O–H groups in total. The highest BCUT2D eigenvalue weighted by molar-refractivity contribution is 7.98. The molecule has 4 aromatic rings. The van der Waals surface area contributed by atoms with Gasteiger partial charge >= 0.3 is 0 Å². The highest BCUT2D eigenvalue weighted by atomic mass is 32.2. The molecule has 0 bridgehead atoms. The number of thiophene rings is 1. The van der Waals surface area contributed by atoms with Crippen molar-refractivity contribution < 1.29 is 0 Å². The molecule has 0 saturated heterocycles. The van der Waals surface area contributed by atoms with E-state index in [0.717, 1.165) is 22.2 Å². The Hall–Kier alpha value is -2.23. The second kappa shape index (κ2) is 7.41. The largest absolute Gasteiger partial charge is 0.298 e. The zero-order chi connectivity index (χ0) is 19.0. The summed E-state index contributed by atoms with van der Waals surface area (Å²) >= 11 is 4.69. The first-order valence-corrected chi connectivity index (χ1v) is 11.0. The van der Waals surface area contributed by atoms with Crippen molar-refractivity contribution in [1.29, 1.82) is 0 Å². The van der Waals surface area contributed by atoms with Crippen LogP contribution in [0.3, 0.4) is 0 Å². The van der Waals surface area contributed by atoms with Gasteiger partial charge in [-0.25, -0.2) is 4.98 Å². The maximum atomic E-state index is 12.1. The van der Waals surface area contributed by atoms with Gasteiger partial charge in [0.1, 0.15) is 0 Å². The van der Waals surface area contributed by atoms with E-state index in [9.17, 15) is 4.79 Å². The van der Waals surface area contributed by atoms with Gasteiger partial charge in [0.25, 0.3) is 5.56 Å². The average molecular weight is 416 g/mol. The van der Waals surface area contributed by atoms with Crippen molar-refractivity contribution in [2.45, 2.75) is 31.3 Å². The fourth-order valence-corrected chi connectivity index (χ4v) is 5.17. The number of rotatable bonds is 6. The molecular weight excluding hydrogens is 398 g/mol. The van der Waals surface area contributed by atoms with Gasteiger partial charge in [-0.05, 0) is 19.4 Å². The number of aromatic nitrogens is 5. The van der Waals surface area contributed by atoms with E-state index in [0.29, 0.717) is 17.3 Å². The lowest BCUT2D eigenvalue weighted by Gasteiger charge is -2.07. The fourth-order valence-electron chi connectivity index (χ4n) is 2.72. The highest BCUT2D eigenvalue weighted by Crippen LogP contribution is 2.32. The summed E-state index contributed by atoms with van der Waals surface area (Å²) in [6.45, 7) is 8.70. The maximum absolute atomic E-state index is 12.1. The molecule has 27 heavy (non-hydrogen) atoms. The third kappa shape index (κ3) is 3.38. The highest BCUT2D eigenvalue weighted by Gasteiger charge is 2.17. The Morgan fingerprint density at radius 2 is 2.15 bits per heavy atom. The Morgan fingerprint density at radius 3 is 2.89 bits per heavy atom. The van der Waals surface area contributed by atoms with Crippen molar-refractivity contribution in [3.8, 4) is 11.4 Å². The quantitative estimate of drug-likeness (QED) is 0.349. The van der Waals surface area contributed by atoms with Crippen LogP contribution >= 0.6 is 34.4 Å². The van der Waals surface area contributed by atoms with Crippen LogP contribution in [-0.4, -0.2) is 24.1 Å². The lowest BCUT2D eigenvalue weighted by atomic mass is 10.1. The number of nitrogens with zero attached hydrogens (tertiary/aromatic N) is 5. The molecule has 0 aliphatic heterocycles. The fraction of sp³-hybridized carbons (Fsp3) is 0.222. The Kier molecular flexibility index (Phi) is 4.98. The number of hydrogen-bond acceptors (Lipinski definition) is 7. The summed E-state index contributed by atoms with van der Waals surface area (Å²) < 4.78 is 3.61. The molecule has 0 amide bonds. The molecule has 0 unspecified atom stereocenters. The van der Waals surface area contributed by atoms with Crippen molar-refractivity contribution in [2.24, 2.45) is 0 Å². The molecule has 4 rings (SSSR count). The first-order chi connectivity index (χ1) is 13.1. The molecule has 9 heteroatoms. The summed E-state index contributed by atoms with van der Waals surface area (Å²) in [5.41, 5.74) is 3.02. The zero-order valence-corrected chi connectivity index (χ0v) is 17.3. The van der Waals surface area contributed by atoms with Gasteiger partial charge < -0.3 is 0 Å². The van der Waals surface area contributed by atoms with Crippen molar-refractivity contribution in [3.63, 3.8) is 0 Å². The van der Waals surface area contributed by atoms with Gasteiger partial charge in [0, 0.05) is 45.8 Å². The number of fused-ring (bicyclic) bond motifs is 1. The molecule has 0 fully saturated rings. The van der Waals surface area contributed by atoms with Crippen LogP contribution in [0.5, 0.6) is 0 Å².